The van der Waals surface area contributed by atoms with E-state index in [0.717, 1.165) is 49.9 Å². The van der Waals surface area contributed by atoms with Crippen LogP contribution in [0.2, 0.25) is 0 Å². The van der Waals surface area contributed by atoms with Gasteiger partial charge in [0.25, 0.3) is 0 Å². The number of hydrogen-bond donors (Lipinski definition) is 0. The van der Waals surface area contributed by atoms with Gasteiger partial charge in [0, 0.05) is 49.8 Å². The number of imidazole rings is 1. The number of fused-ring (bicyclic) bond motifs is 4. The fourth-order valence-electron chi connectivity index (χ4n) is 7.63. The molecule has 1 radical (unpaired) electrons. The molecular weight excluding hydrogens is 899 g/mol. The smallest absolute Gasteiger partial charge is 0.128 e. The van der Waals surface area contributed by atoms with Crippen molar-refractivity contribution in [2.75, 3.05) is 0 Å². The second-order valence-electron chi connectivity index (χ2n) is 16.4. The van der Waals surface area contributed by atoms with Crippen molar-refractivity contribution >= 4 is 33.0 Å². The summed E-state index contributed by atoms with van der Waals surface area (Å²) in [5.41, 5.74) is 10.6. The maximum atomic E-state index is 8.83. The van der Waals surface area contributed by atoms with Gasteiger partial charge in [-0.1, -0.05) is 150 Å². The Labute approximate surface area is 369 Å². The summed E-state index contributed by atoms with van der Waals surface area (Å²) in [4.78, 5) is 9.45. The van der Waals surface area contributed by atoms with Crippen molar-refractivity contribution in [3.63, 3.8) is 0 Å². The second kappa shape index (κ2) is 17.3. The van der Waals surface area contributed by atoms with E-state index in [2.05, 4.69) is 97.9 Å². The fraction of sp³-hybridized carbons (Fsp3) is 0.222. The van der Waals surface area contributed by atoms with Crippen LogP contribution in [0.1, 0.15) is 89.4 Å². The van der Waals surface area contributed by atoms with E-state index in [0.29, 0.717) is 28.7 Å². The molecule has 0 aliphatic heterocycles. The molecule has 0 aliphatic rings. The van der Waals surface area contributed by atoms with E-state index in [1.165, 1.54) is 23.0 Å². The van der Waals surface area contributed by atoms with Crippen molar-refractivity contribution in [1.82, 2.24) is 14.5 Å². The summed E-state index contributed by atoms with van der Waals surface area (Å²) in [6.45, 7) is 11.8. The third-order valence-corrected chi connectivity index (χ3v) is 10.3. The first-order valence-corrected chi connectivity index (χ1v) is 20.0. The number of rotatable bonds is 7. The SMILES string of the molecule is CC(C)c1cccc(C(C)C)c1-n1c(-c2[c-]cccc2)nc2ccccc21.[2H]C([2H])([2H])c1cnc(-c2[c-]ccc3c2oc2c(-c4ccccc4)cccc23)cc1C([2H])([2H])C(C)(C)C.[Ir]. The van der Waals surface area contributed by atoms with Crippen molar-refractivity contribution < 1.29 is 31.4 Å². The molecule has 59 heavy (non-hydrogen) atoms. The molecule has 6 aromatic carbocycles. The molecule has 299 valence electrons. The fourth-order valence-corrected chi connectivity index (χ4v) is 7.63. The van der Waals surface area contributed by atoms with Gasteiger partial charge in [-0.25, -0.2) is 0 Å². The van der Waals surface area contributed by atoms with Gasteiger partial charge in [0.05, 0.1) is 22.4 Å². The van der Waals surface area contributed by atoms with Crippen LogP contribution >= 0.6 is 0 Å². The molecule has 5 heteroatoms. The van der Waals surface area contributed by atoms with Crippen LogP contribution < -0.4 is 0 Å². The van der Waals surface area contributed by atoms with Gasteiger partial charge in [-0.15, -0.1) is 54.1 Å². The molecular formula is C54H51IrN3O-2. The van der Waals surface area contributed by atoms with Crippen LogP contribution in [-0.2, 0) is 26.5 Å². The molecule has 0 saturated carbocycles. The van der Waals surface area contributed by atoms with Crippen LogP contribution in [0.15, 0.2) is 144 Å². The van der Waals surface area contributed by atoms with Gasteiger partial charge in [0.15, 0.2) is 0 Å². The molecule has 0 spiro atoms. The van der Waals surface area contributed by atoms with Gasteiger partial charge < -0.3 is 14.0 Å². The Morgan fingerprint density at radius 1 is 0.746 bits per heavy atom. The van der Waals surface area contributed by atoms with E-state index in [4.69, 9.17) is 16.3 Å². The van der Waals surface area contributed by atoms with Crippen molar-refractivity contribution in [1.29, 1.82) is 0 Å². The van der Waals surface area contributed by atoms with Crippen LogP contribution in [0.25, 0.3) is 72.4 Å². The predicted molar refractivity (Wildman–Crippen MR) is 243 cm³/mol. The Hall–Kier alpha value is -5.61. The van der Waals surface area contributed by atoms with E-state index in [9.17, 15) is 0 Å². The molecule has 9 rings (SSSR count). The number of aryl methyl sites for hydroxylation is 1. The number of benzene rings is 6. The maximum Gasteiger partial charge on any atom is 0.128 e. The molecule has 0 atom stereocenters. The number of furan rings is 1. The molecule has 0 saturated heterocycles. The molecule has 9 aromatic rings. The normalized spacial score (nSPS) is 13.3. The zero-order valence-electron chi connectivity index (χ0n) is 39.5. The zero-order valence-corrected chi connectivity index (χ0v) is 36.9. The zero-order chi connectivity index (χ0) is 44.8. The first-order chi connectivity index (χ1) is 30.0. The number of nitrogens with zero attached hydrogens (tertiary/aromatic N) is 3. The molecule has 0 aliphatic carbocycles. The summed E-state index contributed by atoms with van der Waals surface area (Å²) in [5.74, 6) is 1.80. The molecule has 0 unspecified atom stereocenters. The average Bonchev–Trinajstić information content (AvgIpc) is 3.85. The minimum absolute atomic E-state index is 0. The van der Waals surface area contributed by atoms with Crippen LogP contribution in [0, 0.1) is 24.4 Å². The van der Waals surface area contributed by atoms with E-state index < -0.39 is 18.6 Å². The Bertz CT molecular complexity index is 3050. The van der Waals surface area contributed by atoms with Gasteiger partial charge in [-0.05, 0) is 70.6 Å². The quantitative estimate of drug-likeness (QED) is 0.150. The maximum absolute atomic E-state index is 8.83. The van der Waals surface area contributed by atoms with E-state index in [1.54, 1.807) is 32.9 Å². The van der Waals surface area contributed by atoms with Crippen molar-refractivity contribution in [2.45, 2.75) is 73.5 Å². The van der Waals surface area contributed by atoms with E-state index in [-0.39, 0.29) is 31.2 Å². The van der Waals surface area contributed by atoms with Crippen LogP contribution in [0.3, 0.4) is 0 Å². The van der Waals surface area contributed by atoms with Crippen molar-refractivity contribution in [3.8, 4) is 39.5 Å². The standard InChI is InChI=1S/C29H26NO.C25H25N2.Ir/c1-19-18-30-26(16-21(19)17-29(2,3)4)25-15-9-14-24-23-13-8-12-22(27(23)31-28(24)25)20-10-6-5-7-11-20;1-17(2)20-13-10-14-21(18(3)4)24(20)27-23-16-9-8-15-22(23)26-25(27)19-11-6-5-7-12-19;/h5-14,16,18H,17H2,1-4H3;5-11,13-18H,1-4H3;/q2*-1;/i1D3,17D2;;. The average molecular weight is 955 g/mol. The minimum atomic E-state index is -2.50. The summed E-state index contributed by atoms with van der Waals surface area (Å²) in [7, 11) is 0. The van der Waals surface area contributed by atoms with E-state index in [1.807, 2.05) is 72.8 Å². The topological polar surface area (TPSA) is 43.9 Å². The van der Waals surface area contributed by atoms with Crippen LogP contribution in [0.5, 0.6) is 0 Å². The number of hydrogen-bond acceptors (Lipinski definition) is 3. The summed E-state index contributed by atoms with van der Waals surface area (Å²) in [6, 6.07) is 51.0. The predicted octanol–water partition coefficient (Wildman–Crippen LogP) is 14.7. The molecule has 4 nitrogen and oxygen atoms in total. The monoisotopic (exact) mass is 955 g/mol. The molecule has 3 heterocycles. The van der Waals surface area contributed by atoms with Gasteiger partial charge in [0.1, 0.15) is 5.58 Å². The first kappa shape index (κ1) is 35.3. The molecule has 0 N–H and O–H groups in total. The Kier molecular flexibility index (Phi) is 10.4. The Morgan fingerprint density at radius 3 is 2.14 bits per heavy atom. The van der Waals surface area contributed by atoms with Crippen molar-refractivity contribution in [2.24, 2.45) is 5.41 Å². The number of aromatic nitrogens is 3. The summed E-state index contributed by atoms with van der Waals surface area (Å²) >= 11 is 0. The minimum Gasteiger partial charge on any atom is -0.500 e. The molecule has 3 aromatic heterocycles. The Morgan fingerprint density at radius 2 is 1.44 bits per heavy atom. The summed E-state index contributed by atoms with van der Waals surface area (Å²) in [5, 5.41) is 1.84. The molecule has 0 amide bonds. The van der Waals surface area contributed by atoms with E-state index >= 15 is 0 Å². The number of pyridine rings is 1. The Balaban J connectivity index is 0.000000196. The molecule has 0 fully saturated rings. The summed E-state index contributed by atoms with van der Waals surface area (Å²) in [6.07, 6.45) is -0.650. The summed E-state index contributed by atoms with van der Waals surface area (Å²) < 4.78 is 50.4. The largest absolute Gasteiger partial charge is 0.500 e. The first-order valence-electron chi connectivity index (χ1n) is 22.5. The third kappa shape index (κ3) is 8.46. The van der Waals surface area contributed by atoms with Crippen molar-refractivity contribution in [3.05, 3.63) is 174 Å². The van der Waals surface area contributed by atoms with Gasteiger partial charge >= 0.3 is 0 Å². The van der Waals surface area contributed by atoms with Gasteiger partial charge in [0.2, 0.25) is 0 Å². The van der Waals surface area contributed by atoms with Crippen LogP contribution in [0.4, 0.5) is 0 Å². The second-order valence-corrected chi connectivity index (χ2v) is 16.4. The van der Waals surface area contributed by atoms with Crippen LogP contribution in [-0.4, -0.2) is 14.5 Å². The molecule has 0 bridgehead atoms. The third-order valence-electron chi connectivity index (χ3n) is 10.3. The van der Waals surface area contributed by atoms with Gasteiger partial charge in [-0.2, -0.15) is 0 Å². The number of para-hydroxylation sites is 4. The van der Waals surface area contributed by atoms with Gasteiger partial charge in [-0.3, -0.25) is 4.98 Å².